The van der Waals surface area contributed by atoms with Crippen LogP contribution in [0.2, 0.25) is 5.02 Å². The normalized spacial score (nSPS) is 32.8. The first-order valence-corrected chi connectivity index (χ1v) is 14.6. The van der Waals surface area contributed by atoms with Gasteiger partial charge in [-0.15, -0.1) is 0 Å². The van der Waals surface area contributed by atoms with E-state index in [1.54, 1.807) is 37.3 Å². The summed E-state index contributed by atoms with van der Waals surface area (Å²) >= 11 is 6.36. The average molecular weight is 530 g/mol. The van der Waals surface area contributed by atoms with Crippen LogP contribution < -0.4 is 14.9 Å². The lowest BCUT2D eigenvalue weighted by Gasteiger charge is -2.69. The van der Waals surface area contributed by atoms with Gasteiger partial charge >= 0.3 is 6.03 Å². The lowest BCUT2D eigenvalue weighted by atomic mass is 9.38. The molecule has 6 rings (SSSR count). The Balaban J connectivity index is 1.38. The number of hydrogen-bond acceptors (Lipinski definition) is 3. The second-order valence-electron chi connectivity index (χ2n) is 12.5. The van der Waals surface area contributed by atoms with E-state index in [1.807, 2.05) is 6.07 Å². The van der Waals surface area contributed by atoms with Crippen LogP contribution in [-0.4, -0.2) is 26.5 Å². The first-order chi connectivity index (χ1) is 16.8. The highest BCUT2D eigenvalue weighted by molar-refractivity contribution is 7.93. The minimum atomic E-state index is -3.93. The fourth-order valence-electron chi connectivity index (χ4n) is 8.81. The van der Waals surface area contributed by atoms with E-state index in [0.717, 1.165) is 19.3 Å². The summed E-state index contributed by atoms with van der Waals surface area (Å²) in [6.45, 7) is 9.15. The van der Waals surface area contributed by atoms with E-state index in [-0.39, 0.29) is 44.3 Å². The Morgan fingerprint density at radius 1 is 0.917 bits per heavy atom. The summed E-state index contributed by atoms with van der Waals surface area (Å²) in [7, 11) is -3.93. The highest BCUT2D eigenvalue weighted by atomic mass is 35.5. The van der Waals surface area contributed by atoms with E-state index in [4.69, 9.17) is 11.6 Å². The molecule has 6 nitrogen and oxygen atoms in total. The van der Waals surface area contributed by atoms with Crippen molar-refractivity contribution in [2.45, 2.75) is 76.7 Å². The molecule has 4 fully saturated rings. The third kappa shape index (κ3) is 4.49. The van der Waals surface area contributed by atoms with E-state index in [2.05, 4.69) is 31.4 Å². The number of benzene rings is 2. The Labute approximate surface area is 219 Å². The number of rotatable bonds is 6. The molecule has 2 amide bonds. The van der Waals surface area contributed by atoms with Gasteiger partial charge in [-0.25, -0.2) is 13.2 Å². The maximum absolute atomic E-state index is 13.5. The number of urea groups is 1. The van der Waals surface area contributed by atoms with Gasteiger partial charge in [-0.3, -0.25) is 4.31 Å². The Morgan fingerprint density at radius 3 is 2.00 bits per heavy atom. The zero-order valence-electron chi connectivity index (χ0n) is 21.5. The van der Waals surface area contributed by atoms with Crippen LogP contribution in [0.4, 0.5) is 16.2 Å². The quantitative estimate of drug-likeness (QED) is 0.431. The zero-order valence-corrected chi connectivity index (χ0v) is 23.1. The summed E-state index contributed by atoms with van der Waals surface area (Å²) in [5.41, 5.74) is 1.46. The van der Waals surface area contributed by atoms with E-state index in [1.165, 1.54) is 35.7 Å². The molecule has 2 aromatic rings. The molecule has 8 heteroatoms. The van der Waals surface area contributed by atoms with E-state index in [0.29, 0.717) is 11.4 Å². The molecule has 0 saturated heterocycles. The topological polar surface area (TPSA) is 78.5 Å². The molecule has 0 aromatic heterocycles. The molecule has 0 radical (unpaired) electrons. The van der Waals surface area contributed by atoms with Gasteiger partial charge in [0.1, 0.15) is 4.90 Å². The van der Waals surface area contributed by atoms with Gasteiger partial charge in [-0.1, -0.05) is 50.6 Å². The van der Waals surface area contributed by atoms with Gasteiger partial charge in [0.15, 0.2) is 0 Å². The second kappa shape index (κ2) is 8.38. The Bertz CT molecular complexity index is 1240. The lowest BCUT2D eigenvalue weighted by molar-refractivity contribution is -0.154. The summed E-state index contributed by atoms with van der Waals surface area (Å²) in [6.07, 6.45) is 6.61. The molecule has 0 unspecified atom stereocenters. The molecule has 4 aliphatic rings. The van der Waals surface area contributed by atoms with Crippen LogP contribution in [0.15, 0.2) is 53.4 Å². The summed E-state index contributed by atoms with van der Waals surface area (Å²) in [5.74, 6) is 0. The summed E-state index contributed by atoms with van der Waals surface area (Å²) in [5, 5.41) is 6.35. The Hall–Kier alpha value is -2.25. The van der Waals surface area contributed by atoms with Crippen molar-refractivity contribution >= 4 is 39.0 Å². The highest BCUT2D eigenvalue weighted by Crippen LogP contribution is 2.70. The maximum atomic E-state index is 13.5. The Morgan fingerprint density at radius 2 is 1.47 bits per heavy atom. The van der Waals surface area contributed by atoms with Crippen LogP contribution in [-0.2, 0) is 10.0 Å². The molecule has 0 aliphatic heterocycles. The number of carbonyl (C=O) groups excluding carboxylic acids is 1. The highest BCUT2D eigenvalue weighted by Gasteiger charge is 2.64. The van der Waals surface area contributed by atoms with Crippen LogP contribution in [0.3, 0.4) is 0 Å². The van der Waals surface area contributed by atoms with Gasteiger partial charge < -0.3 is 10.6 Å². The predicted octanol–water partition coefficient (Wildman–Crippen LogP) is 6.82. The molecular weight excluding hydrogens is 494 g/mol. The number of hydrogen-bond donors (Lipinski definition) is 2. The SMILES string of the molecule is CCN(c1ccccc1)S(=O)(=O)c1cc(NC(=O)NC23CC4(C)CC(C)(CC(C)(C4)C2)C3)ccc1Cl. The van der Waals surface area contributed by atoms with Crippen molar-refractivity contribution in [1.82, 2.24) is 5.32 Å². The number of nitrogens with one attached hydrogen (secondary N) is 2. The van der Waals surface area contributed by atoms with Crippen molar-refractivity contribution in [3.05, 3.63) is 53.6 Å². The third-order valence-corrected chi connectivity index (χ3v) is 10.7. The third-order valence-electron chi connectivity index (χ3n) is 8.32. The molecule has 4 saturated carbocycles. The van der Waals surface area contributed by atoms with E-state index in [9.17, 15) is 13.2 Å². The average Bonchev–Trinajstić information content (AvgIpc) is 2.72. The van der Waals surface area contributed by atoms with Crippen LogP contribution in [0.1, 0.15) is 66.2 Å². The number of carbonyl (C=O) groups is 1. The van der Waals surface area contributed by atoms with Gasteiger partial charge in [0.05, 0.1) is 10.7 Å². The summed E-state index contributed by atoms with van der Waals surface area (Å²) in [4.78, 5) is 13.2. The van der Waals surface area contributed by atoms with Gasteiger partial charge in [-0.2, -0.15) is 0 Å². The number of para-hydroxylation sites is 1. The smallest absolute Gasteiger partial charge is 0.319 e. The first-order valence-electron chi connectivity index (χ1n) is 12.8. The number of amides is 2. The standard InChI is InChI=1S/C28H36ClN3O3S/c1-5-32(21-9-7-6-8-10-21)36(34,35)23-13-20(11-12-22(23)29)30-24(33)31-28-17-25(2)14-26(3,18-28)16-27(4,15-25)19-28/h6-13H,5,14-19H2,1-4H3,(H2,30,31,33). The van der Waals surface area contributed by atoms with Crippen LogP contribution in [0, 0.1) is 16.2 Å². The monoisotopic (exact) mass is 529 g/mol. The molecule has 0 heterocycles. The molecule has 2 N–H and O–H groups in total. The van der Waals surface area contributed by atoms with Gasteiger partial charge in [0, 0.05) is 17.8 Å². The molecule has 2 aromatic carbocycles. The predicted molar refractivity (Wildman–Crippen MR) is 145 cm³/mol. The molecule has 0 atom stereocenters. The number of halogens is 1. The molecular formula is C28H36ClN3O3S. The van der Waals surface area contributed by atoms with Crippen molar-refractivity contribution in [3.8, 4) is 0 Å². The molecule has 194 valence electrons. The number of anilines is 2. The van der Waals surface area contributed by atoms with Gasteiger partial charge in [-0.05, 0) is 92.0 Å². The molecule has 4 bridgehead atoms. The maximum Gasteiger partial charge on any atom is 0.319 e. The second-order valence-corrected chi connectivity index (χ2v) is 14.7. The van der Waals surface area contributed by atoms with Crippen LogP contribution in [0.25, 0.3) is 0 Å². The lowest BCUT2D eigenvalue weighted by Crippen LogP contribution is -2.68. The molecule has 0 spiro atoms. The van der Waals surface area contributed by atoms with Crippen molar-refractivity contribution in [2.75, 3.05) is 16.2 Å². The first kappa shape index (κ1) is 25.4. The van der Waals surface area contributed by atoms with E-state index < -0.39 is 10.0 Å². The number of sulfonamides is 1. The van der Waals surface area contributed by atoms with Crippen molar-refractivity contribution in [1.29, 1.82) is 0 Å². The van der Waals surface area contributed by atoms with Crippen molar-refractivity contribution < 1.29 is 13.2 Å². The van der Waals surface area contributed by atoms with E-state index >= 15 is 0 Å². The molecule has 4 aliphatic carbocycles. The Kier molecular flexibility index (Phi) is 5.92. The van der Waals surface area contributed by atoms with Crippen LogP contribution >= 0.6 is 11.6 Å². The van der Waals surface area contributed by atoms with Crippen molar-refractivity contribution in [2.24, 2.45) is 16.2 Å². The minimum Gasteiger partial charge on any atom is -0.332 e. The van der Waals surface area contributed by atoms with Crippen LogP contribution in [0.5, 0.6) is 0 Å². The van der Waals surface area contributed by atoms with Crippen molar-refractivity contribution in [3.63, 3.8) is 0 Å². The van der Waals surface area contributed by atoms with Gasteiger partial charge in [0.2, 0.25) is 0 Å². The summed E-state index contributed by atoms with van der Waals surface area (Å²) in [6, 6.07) is 13.2. The fraction of sp³-hybridized carbons (Fsp3) is 0.536. The largest absolute Gasteiger partial charge is 0.332 e. The van der Waals surface area contributed by atoms with Gasteiger partial charge in [0.25, 0.3) is 10.0 Å². The molecule has 36 heavy (non-hydrogen) atoms. The fourth-order valence-corrected chi connectivity index (χ4v) is 10.8. The summed E-state index contributed by atoms with van der Waals surface area (Å²) < 4.78 is 28.4. The number of nitrogens with zero attached hydrogens (tertiary/aromatic N) is 1. The minimum absolute atomic E-state index is 0.0324. The zero-order chi connectivity index (χ0) is 26.0.